The average Bonchev–Trinajstić information content (AvgIpc) is 2.48. The number of rotatable bonds is 8. The van der Waals surface area contributed by atoms with Crippen molar-refractivity contribution in [3.63, 3.8) is 0 Å². The number of benzene rings is 1. The van der Waals surface area contributed by atoms with Crippen molar-refractivity contribution >= 4 is 5.91 Å². The highest BCUT2D eigenvalue weighted by Gasteiger charge is 2.30. The molecule has 0 aromatic heterocycles. The fourth-order valence-corrected chi connectivity index (χ4v) is 2.10. The van der Waals surface area contributed by atoms with E-state index in [1.165, 1.54) is 0 Å². The third-order valence-electron chi connectivity index (χ3n) is 3.89. The van der Waals surface area contributed by atoms with Crippen molar-refractivity contribution in [3.05, 3.63) is 29.8 Å². The normalized spacial score (nSPS) is 13.5. The maximum atomic E-state index is 12.1. The zero-order valence-corrected chi connectivity index (χ0v) is 14.7. The predicted molar refractivity (Wildman–Crippen MR) is 90.9 cm³/mol. The summed E-state index contributed by atoms with van der Waals surface area (Å²) in [4.78, 5) is 14.1. The van der Waals surface area contributed by atoms with E-state index in [0.717, 1.165) is 11.3 Å². The van der Waals surface area contributed by atoms with Gasteiger partial charge in [-0.05, 0) is 44.5 Å². The van der Waals surface area contributed by atoms with Gasteiger partial charge in [-0.3, -0.25) is 9.69 Å². The molecule has 1 unspecified atom stereocenters. The lowest BCUT2D eigenvalue weighted by Crippen LogP contribution is -2.51. The van der Waals surface area contributed by atoms with Gasteiger partial charge in [0.15, 0.2) is 0 Å². The van der Waals surface area contributed by atoms with Gasteiger partial charge in [0.2, 0.25) is 5.91 Å². The predicted octanol–water partition coefficient (Wildman–Crippen LogP) is 2.57. The number of hydrogen-bond acceptors (Lipinski definition) is 4. The summed E-state index contributed by atoms with van der Waals surface area (Å²) in [5, 5.41) is 12.1. The topological polar surface area (TPSA) is 65.4 Å². The number of amides is 1. The SMILES string of the molecule is CCOc1ccc(CN(C)CC(=O)NC(C)(C#N)C(C)C)cc1. The monoisotopic (exact) mass is 317 g/mol. The number of hydrogen-bond donors (Lipinski definition) is 1. The lowest BCUT2D eigenvalue weighted by atomic mass is 9.90. The Bertz CT molecular complexity index is 548. The molecule has 0 bridgehead atoms. The molecule has 23 heavy (non-hydrogen) atoms. The Morgan fingerprint density at radius 1 is 1.39 bits per heavy atom. The first-order valence-electron chi connectivity index (χ1n) is 7.93. The molecule has 0 aliphatic heterocycles. The Labute approximate surface area is 139 Å². The molecule has 1 N–H and O–H groups in total. The van der Waals surface area contributed by atoms with Crippen molar-refractivity contribution in [3.8, 4) is 11.8 Å². The molecule has 5 nitrogen and oxygen atoms in total. The Balaban J connectivity index is 2.54. The van der Waals surface area contributed by atoms with Gasteiger partial charge in [0, 0.05) is 6.54 Å². The first-order chi connectivity index (χ1) is 10.8. The van der Waals surface area contributed by atoms with Crippen molar-refractivity contribution < 1.29 is 9.53 Å². The van der Waals surface area contributed by atoms with E-state index in [2.05, 4.69) is 11.4 Å². The molecule has 1 aromatic rings. The van der Waals surface area contributed by atoms with Gasteiger partial charge in [0.05, 0.1) is 19.2 Å². The van der Waals surface area contributed by atoms with Gasteiger partial charge >= 0.3 is 0 Å². The Morgan fingerprint density at radius 3 is 2.48 bits per heavy atom. The van der Waals surface area contributed by atoms with Crippen LogP contribution in [0.15, 0.2) is 24.3 Å². The first kappa shape index (κ1) is 19.0. The third-order valence-corrected chi connectivity index (χ3v) is 3.89. The second-order valence-corrected chi connectivity index (χ2v) is 6.27. The molecule has 0 fully saturated rings. The fourth-order valence-electron chi connectivity index (χ4n) is 2.10. The Morgan fingerprint density at radius 2 is 2.00 bits per heavy atom. The molecular weight excluding hydrogens is 290 g/mol. The lowest BCUT2D eigenvalue weighted by molar-refractivity contribution is -0.123. The Hall–Kier alpha value is -2.06. The summed E-state index contributed by atoms with van der Waals surface area (Å²) in [7, 11) is 1.88. The van der Waals surface area contributed by atoms with Gasteiger partial charge in [0.1, 0.15) is 11.3 Å². The molecule has 1 aromatic carbocycles. The van der Waals surface area contributed by atoms with Crippen LogP contribution in [0, 0.1) is 17.2 Å². The van der Waals surface area contributed by atoms with Gasteiger partial charge in [-0.25, -0.2) is 0 Å². The second kappa shape index (κ2) is 8.54. The Kier molecular flexibility index (Phi) is 7.05. The van der Waals surface area contributed by atoms with Crippen molar-refractivity contribution in [2.75, 3.05) is 20.2 Å². The molecule has 1 rings (SSSR count). The lowest BCUT2D eigenvalue weighted by Gasteiger charge is -2.28. The highest BCUT2D eigenvalue weighted by atomic mass is 16.5. The highest BCUT2D eigenvalue weighted by Crippen LogP contribution is 2.15. The molecule has 1 atom stereocenters. The summed E-state index contributed by atoms with van der Waals surface area (Å²) in [6.07, 6.45) is 0. The minimum atomic E-state index is -0.836. The van der Waals surface area contributed by atoms with Crippen LogP contribution in [0.25, 0.3) is 0 Å². The van der Waals surface area contributed by atoms with Gasteiger partial charge < -0.3 is 10.1 Å². The minimum absolute atomic E-state index is 0.0490. The van der Waals surface area contributed by atoms with Crippen LogP contribution in [0.2, 0.25) is 0 Å². The van der Waals surface area contributed by atoms with Crippen molar-refractivity contribution in [2.45, 2.75) is 39.8 Å². The van der Waals surface area contributed by atoms with E-state index in [-0.39, 0.29) is 18.4 Å². The van der Waals surface area contributed by atoms with E-state index < -0.39 is 5.54 Å². The summed E-state index contributed by atoms with van der Waals surface area (Å²) in [5.74, 6) is 0.752. The quantitative estimate of drug-likeness (QED) is 0.800. The summed E-state index contributed by atoms with van der Waals surface area (Å²) >= 11 is 0. The number of nitrogens with one attached hydrogen (secondary N) is 1. The number of carbonyl (C=O) groups is 1. The molecule has 1 amide bonds. The summed E-state index contributed by atoms with van der Waals surface area (Å²) in [6.45, 7) is 9.10. The van der Waals surface area contributed by atoms with Crippen LogP contribution in [0.3, 0.4) is 0 Å². The number of likely N-dealkylation sites (N-methyl/N-ethyl adjacent to an activating group) is 1. The van der Waals surface area contributed by atoms with E-state index in [9.17, 15) is 10.1 Å². The van der Waals surface area contributed by atoms with Gasteiger partial charge in [-0.15, -0.1) is 0 Å². The third kappa shape index (κ3) is 5.91. The van der Waals surface area contributed by atoms with E-state index in [0.29, 0.717) is 13.2 Å². The van der Waals surface area contributed by atoms with Crippen LogP contribution in [0.1, 0.15) is 33.3 Å². The summed E-state index contributed by atoms with van der Waals surface area (Å²) in [6, 6.07) is 10.0. The molecule has 0 saturated heterocycles. The van der Waals surface area contributed by atoms with Crippen molar-refractivity contribution in [1.29, 1.82) is 5.26 Å². The zero-order valence-electron chi connectivity index (χ0n) is 14.7. The molecule has 0 radical (unpaired) electrons. The zero-order chi connectivity index (χ0) is 17.5. The number of nitrogens with zero attached hydrogens (tertiary/aromatic N) is 2. The van der Waals surface area contributed by atoms with Gasteiger partial charge in [0.25, 0.3) is 0 Å². The number of carbonyl (C=O) groups excluding carboxylic acids is 1. The maximum absolute atomic E-state index is 12.1. The van der Waals surface area contributed by atoms with Gasteiger partial charge in [-0.1, -0.05) is 26.0 Å². The van der Waals surface area contributed by atoms with E-state index >= 15 is 0 Å². The van der Waals surface area contributed by atoms with Crippen LogP contribution in [0.4, 0.5) is 0 Å². The number of ether oxygens (including phenoxy) is 1. The first-order valence-corrected chi connectivity index (χ1v) is 7.93. The second-order valence-electron chi connectivity index (χ2n) is 6.27. The molecule has 0 aliphatic rings. The molecular formula is C18H27N3O2. The largest absolute Gasteiger partial charge is 0.494 e. The molecule has 0 aliphatic carbocycles. The average molecular weight is 317 g/mol. The fraction of sp³-hybridized carbons (Fsp3) is 0.556. The van der Waals surface area contributed by atoms with Gasteiger partial charge in [-0.2, -0.15) is 5.26 Å². The molecule has 0 spiro atoms. The highest BCUT2D eigenvalue weighted by molar-refractivity contribution is 5.79. The van der Waals surface area contributed by atoms with Crippen LogP contribution in [-0.2, 0) is 11.3 Å². The van der Waals surface area contributed by atoms with Crippen LogP contribution < -0.4 is 10.1 Å². The standard InChI is InChI=1S/C18H27N3O2/c1-6-23-16-9-7-15(8-10-16)11-21(5)12-17(22)20-18(4,13-19)14(2)3/h7-10,14H,6,11-12H2,1-5H3,(H,20,22). The minimum Gasteiger partial charge on any atom is -0.494 e. The molecule has 0 heterocycles. The maximum Gasteiger partial charge on any atom is 0.235 e. The van der Waals surface area contributed by atoms with Crippen molar-refractivity contribution in [1.82, 2.24) is 10.2 Å². The van der Waals surface area contributed by atoms with Crippen LogP contribution in [-0.4, -0.2) is 36.5 Å². The van der Waals surface area contributed by atoms with E-state index in [1.54, 1.807) is 6.92 Å². The van der Waals surface area contributed by atoms with Crippen LogP contribution >= 0.6 is 0 Å². The molecule has 126 valence electrons. The summed E-state index contributed by atoms with van der Waals surface area (Å²) < 4.78 is 5.41. The van der Waals surface area contributed by atoms with Crippen LogP contribution in [0.5, 0.6) is 5.75 Å². The summed E-state index contributed by atoms with van der Waals surface area (Å²) in [5.41, 5.74) is 0.271. The molecule has 5 heteroatoms. The van der Waals surface area contributed by atoms with E-state index in [4.69, 9.17) is 4.74 Å². The number of nitriles is 1. The smallest absolute Gasteiger partial charge is 0.235 e. The van der Waals surface area contributed by atoms with Crippen molar-refractivity contribution in [2.24, 2.45) is 5.92 Å². The molecule has 0 saturated carbocycles. The van der Waals surface area contributed by atoms with E-state index in [1.807, 2.05) is 57.0 Å².